The lowest BCUT2D eigenvalue weighted by molar-refractivity contribution is -0.141. The summed E-state index contributed by atoms with van der Waals surface area (Å²) in [6, 6.07) is 4.45. The molecule has 128 valence electrons. The molecule has 8 heteroatoms. The van der Waals surface area contributed by atoms with Crippen LogP contribution in [-0.4, -0.2) is 38.5 Å². The molecule has 0 saturated carbocycles. The summed E-state index contributed by atoms with van der Waals surface area (Å²) in [5.74, 6) is 1.22. The van der Waals surface area contributed by atoms with Crippen molar-refractivity contribution in [3.63, 3.8) is 0 Å². The Morgan fingerprint density at radius 1 is 1.25 bits per heavy atom. The van der Waals surface area contributed by atoms with E-state index in [0.717, 1.165) is 11.8 Å². The summed E-state index contributed by atoms with van der Waals surface area (Å²) in [5.41, 5.74) is -0.457. The van der Waals surface area contributed by atoms with Crippen LogP contribution in [0, 0.1) is 0 Å². The quantitative estimate of drug-likeness (QED) is 0.818. The van der Waals surface area contributed by atoms with Gasteiger partial charge < -0.3 is 4.90 Å². The Labute approximate surface area is 142 Å². The fourth-order valence-electron chi connectivity index (χ4n) is 2.61. The van der Waals surface area contributed by atoms with Crippen molar-refractivity contribution in [3.05, 3.63) is 36.3 Å². The number of halogens is 3. The monoisotopic (exact) mass is 354 g/mol. The highest BCUT2D eigenvalue weighted by molar-refractivity contribution is 8.00. The fourth-order valence-corrected chi connectivity index (χ4v) is 3.71. The van der Waals surface area contributed by atoms with E-state index >= 15 is 0 Å². The van der Waals surface area contributed by atoms with Gasteiger partial charge in [-0.15, -0.1) is 0 Å². The molecule has 2 aromatic heterocycles. The molecule has 1 aliphatic heterocycles. The molecule has 0 amide bonds. The first-order valence-corrected chi connectivity index (χ1v) is 8.66. The molecule has 1 saturated heterocycles. The number of rotatable bonds is 2. The lowest BCUT2D eigenvalue weighted by Gasteiger charge is -2.38. The Balaban J connectivity index is 2.09. The van der Waals surface area contributed by atoms with Gasteiger partial charge in [-0.05, 0) is 19.1 Å². The average Bonchev–Trinajstić information content (AvgIpc) is 2.57. The molecule has 0 radical (unpaired) electrons. The molecule has 1 aliphatic rings. The van der Waals surface area contributed by atoms with Gasteiger partial charge in [0.1, 0.15) is 5.82 Å². The molecule has 0 aromatic carbocycles. The van der Waals surface area contributed by atoms with Crippen molar-refractivity contribution in [2.24, 2.45) is 0 Å². The van der Waals surface area contributed by atoms with Crippen LogP contribution in [0.2, 0.25) is 0 Å². The first kappa shape index (κ1) is 17.0. The van der Waals surface area contributed by atoms with Crippen LogP contribution < -0.4 is 4.90 Å². The number of nitrogens with zero attached hydrogens (tertiary/aromatic N) is 4. The summed E-state index contributed by atoms with van der Waals surface area (Å²) in [5, 5.41) is 0.324. The van der Waals surface area contributed by atoms with Gasteiger partial charge in [0.2, 0.25) is 0 Å². The third-order valence-electron chi connectivity index (χ3n) is 4.10. The molecule has 2 atom stereocenters. The first-order valence-electron chi connectivity index (χ1n) is 7.61. The Bertz CT molecular complexity index is 708. The van der Waals surface area contributed by atoms with Gasteiger partial charge in [-0.25, -0.2) is 9.97 Å². The Morgan fingerprint density at radius 3 is 2.71 bits per heavy atom. The fraction of sp³-hybridized carbons (Fsp3) is 0.438. The highest BCUT2D eigenvalue weighted by Crippen LogP contribution is 2.34. The predicted molar refractivity (Wildman–Crippen MR) is 89.0 cm³/mol. The zero-order chi connectivity index (χ0) is 17.3. The van der Waals surface area contributed by atoms with Crippen LogP contribution >= 0.6 is 11.8 Å². The molecule has 0 N–H and O–H groups in total. The molecule has 2 aromatic rings. The molecule has 1 fully saturated rings. The summed E-state index contributed by atoms with van der Waals surface area (Å²) in [6.07, 6.45) is -1.49. The van der Waals surface area contributed by atoms with E-state index in [1.165, 1.54) is 6.20 Å². The highest BCUT2D eigenvalue weighted by Gasteiger charge is 2.35. The maximum Gasteiger partial charge on any atom is 0.433 e. The van der Waals surface area contributed by atoms with Gasteiger partial charge in [-0.2, -0.15) is 24.9 Å². The van der Waals surface area contributed by atoms with E-state index in [1.807, 2.05) is 23.6 Å². The molecule has 0 spiro atoms. The molecule has 3 heterocycles. The molecule has 24 heavy (non-hydrogen) atoms. The number of alkyl halides is 3. The Hall–Kier alpha value is -1.83. The predicted octanol–water partition coefficient (Wildman–Crippen LogP) is 3.89. The van der Waals surface area contributed by atoms with Gasteiger partial charge in [-0.3, -0.25) is 4.98 Å². The SMILES string of the molecule is CC1SCCN(c2cc(C(F)(F)F)nc(-c3cccnc3)n2)C1C. The number of aromatic nitrogens is 3. The average molecular weight is 354 g/mol. The zero-order valence-electron chi connectivity index (χ0n) is 13.3. The van der Waals surface area contributed by atoms with Crippen LogP contribution in [0.25, 0.3) is 11.4 Å². The number of thioether (sulfide) groups is 1. The van der Waals surface area contributed by atoms with E-state index in [4.69, 9.17) is 0 Å². The highest BCUT2D eigenvalue weighted by atomic mass is 32.2. The largest absolute Gasteiger partial charge is 0.433 e. The summed E-state index contributed by atoms with van der Waals surface area (Å²) < 4.78 is 39.8. The van der Waals surface area contributed by atoms with Crippen molar-refractivity contribution in [2.45, 2.75) is 31.3 Å². The van der Waals surface area contributed by atoms with Crippen LogP contribution in [-0.2, 0) is 6.18 Å². The van der Waals surface area contributed by atoms with E-state index in [0.29, 0.717) is 23.2 Å². The maximum atomic E-state index is 13.3. The minimum atomic E-state index is -4.52. The van der Waals surface area contributed by atoms with Gasteiger partial charge in [0.15, 0.2) is 11.5 Å². The zero-order valence-corrected chi connectivity index (χ0v) is 14.1. The van der Waals surface area contributed by atoms with E-state index < -0.39 is 11.9 Å². The minimum absolute atomic E-state index is 0.0472. The van der Waals surface area contributed by atoms with E-state index in [2.05, 4.69) is 21.9 Å². The molecular weight excluding hydrogens is 337 g/mol. The molecule has 4 nitrogen and oxygen atoms in total. The first-order chi connectivity index (χ1) is 11.4. The van der Waals surface area contributed by atoms with Gasteiger partial charge in [0.05, 0.1) is 0 Å². The van der Waals surface area contributed by atoms with Gasteiger partial charge in [0.25, 0.3) is 0 Å². The maximum absolute atomic E-state index is 13.3. The van der Waals surface area contributed by atoms with Crippen molar-refractivity contribution < 1.29 is 13.2 Å². The summed E-state index contributed by atoms with van der Waals surface area (Å²) in [4.78, 5) is 14.0. The minimum Gasteiger partial charge on any atom is -0.352 e. The van der Waals surface area contributed by atoms with Gasteiger partial charge in [-0.1, -0.05) is 6.92 Å². The topological polar surface area (TPSA) is 41.9 Å². The van der Waals surface area contributed by atoms with E-state index in [9.17, 15) is 13.2 Å². The number of hydrogen-bond donors (Lipinski definition) is 0. The van der Waals surface area contributed by atoms with Crippen LogP contribution in [0.15, 0.2) is 30.6 Å². The third-order valence-corrected chi connectivity index (χ3v) is 5.44. The molecule has 3 rings (SSSR count). The second-order valence-electron chi connectivity index (χ2n) is 5.68. The van der Waals surface area contributed by atoms with Crippen molar-refractivity contribution in [1.29, 1.82) is 0 Å². The molecular formula is C16H17F3N4S. The van der Waals surface area contributed by atoms with Crippen molar-refractivity contribution >= 4 is 17.6 Å². The van der Waals surface area contributed by atoms with Crippen molar-refractivity contribution in [2.75, 3.05) is 17.2 Å². The number of anilines is 1. The van der Waals surface area contributed by atoms with Crippen LogP contribution in [0.3, 0.4) is 0 Å². The lowest BCUT2D eigenvalue weighted by atomic mass is 10.2. The Morgan fingerprint density at radius 2 is 2.04 bits per heavy atom. The summed E-state index contributed by atoms with van der Waals surface area (Å²) in [6.45, 7) is 4.75. The number of hydrogen-bond acceptors (Lipinski definition) is 5. The van der Waals surface area contributed by atoms with Crippen molar-refractivity contribution in [1.82, 2.24) is 15.0 Å². The van der Waals surface area contributed by atoms with Crippen molar-refractivity contribution in [3.8, 4) is 11.4 Å². The van der Waals surface area contributed by atoms with Gasteiger partial charge in [0, 0.05) is 47.6 Å². The van der Waals surface area contributed by atoms with E-state index in [1.54, 1.807) is 18.3 Å². The molecule has 0 bridgehead atoms. The molecule has 2 unspecified atom stereocenters. The van der Waals surface area contributed by atoms with Crippen LogP contribution in [0.1, 0.15) is 19.5 Å². The van der Waals surface area contributed by atoms with Crippen LogP contribution in [0.4, 0.5) is 19.0 Å². The van der Waals surface area contributed by atoms with Gasteiger partial charge >= 0.3 is 6.18 Å². The third kappa shape index (κ3) is 3.48. The lowest BCUT2D eigenvalue weighted by Crippen LogP contribution is -2.45. The molecule has 0 aliphatic carbocycles. The summed E-state index contributed by atoms with van der Waals surface area (Å²) in [7, 11) is 0. The standard InChI is InChI=1S/C16H17F3N4S/c1-10-11(2)24-7-6-23(10)14-8-13(16(17,18)19)21-15(22-14)12-4-3-5-20-9-12/h3-5,8-11H,6-7H2,1-2H3. The second kappa shape index (κ2) is 6.58. The normalized spacial score (nSPS) is 21.8. The van der Waals surface area contributed by atoms with E-state index in [-0.39, 0.29) is 11.9 Å². The smallest absolute Gasteiger partial charge is 0.352 e. The second-order valence-corrected chi connectivity index (χ2v) is 7.17. The Kier molecular flexibility index (Phi) is 4.67. The van der Waals surface area contributed by atoms with Crippen LogP contribution in [0.5, 0.6) is 0 Å². The summed E-state index contributed by atoms with van der Waals surface area (Å²) >= 11 is 1.82. The number of pyridine rings is 1.